The molecule has 0 saturated heterocycles. The van der Waals surface area contributed by atoms with Gasteiger partial charge in [-0.15, -0.1) is 15.3 Å². The van der Waals surface area contributed by atoms with Crippen LogP contribution in [-0.2, 0) is 18.5 Å². The molecule has 0 spiro atoms. The lowest BCUT2D eigenvalue weighted by Gasteiger charge is -2.17. The number of aromatic nitrogens is 5. The molecule has 0 aromatic carbocycles. The zero-order valence-corrected chi connectivity index (χ0v) is 12.0. The molecule has 0 aliphatic rings. The maximum absolute atomic E-state index is 4.13. The molecule has 0 fully saturated rings. The van der Waals surface area contributed by atoms with E-state index in [9.17, 15) is 0 Å². The summed E-state index contributed by atoms with van der Waals surface area (Å²) >= 11 is 1.58. The van der Waals surface area contributed by atoms with Crippen molar-refractivity contribution < 1.29 is 0 Å². The Labute approximate surface area is 110 Å². The van der Waals surface area contributed by atoms with Gasteiger partial charge in [0, 0.05) is 0 Å². The summed E-state index contributed by atoms with van der Waals surface area (Å²) in [4.78, 5) is 0. The van der Waals surface area contributed by atoms with Crippen LogP contribution in [0.5, 0.6) is 0 Å². The molecule has 7 heteroatoms. The van der Waals surface area contributed by atoms with Gasteiger partial charge in [0.25, 0.3) is 0 Å². The van der Waals surface area contributed by atoms with Gasteiger partial charge in [0.2, 0.25) is 5.13 Å². The van der Waals surface area contributed by atoms with Crippen molar-refractivity contribution in [3.8, 4) is 0 Å². The largest absolute Gasteiger partial charge is 0.354 e. The molecule has 0 radical (unpaired) electrons. The highest BCUT2D eigenvalue weighted by molar-refractivity contribution is 7.15. The fraction of sp³-hybridized carbons (Fsp3) is 0.636. The topological polar surface area (TPSA) is 68.5 Å². The Morgan fingerprint density at radius 2 is 2.06 bits per heavy atom. The quantitative estimate of drug-likeness (QED) is 0.917. The molecule has 0 amide bonds. The molecule has 0 bridgehead atoms. The second-order valence-electron chi connectivity index (χ2n) is 5.03. The number of nitrogens with one attached hydrogen (secondary N) is 1. The third-order valence-electron chi connectivity index (χ3n) is 2.42. The predicted molar refractivity (Wildman–Crippen MR) is 71.6 cm³/mol. The van der Waals surface area contributed by atoms with E-state index >= 15 is 0 Å². The summed E-state index contributed by atoms with van der Waals surface area (Å²) < 4.78 is 1.86. The van der Waals surface area contributed by atoms with Gasteiger partial charge in [0.1, 0.15) is 10.7 Å². The Balaban J connectivity index is 1.96. The molecule has 2 heterocycles. The van der Waals surface area contributed by atoms with Gasteiger partial charge >= 0.3 is 0 Å². The van der Waals surface area contributed by atoms with Gasteiger partial charge in [-0.1, -0.05) is 23.5 Å². The first-order valence-corrected chi connectivity index (χ1v) is 6.78. The molecular weight excluding hydrogens is 248 g/mol. The Kier molecular flexibility index (Phi) is 3.60. The van der Waals surface area contributed by atoms with Crippen LogP contribution in [-0.4, -0.2) is 25.2 Å². The third-order valence-corrected chi connectivity index (χ3v) is 3.44. The molecule has 2 rings (SSSR count). The first kappa shape index (κ1) is 12.9. The van der Waals surface area contributed by atoms with E-state index in [0.29, 0.717) is 6.54 Å². The fourth-order valence-electron chi connectivity index (χ4n) is 1.34. The number of hydrogen-bond donors (Lipinski definition) is 1. The SMILES string of the molecule is CCc1nnc(NCc2cn(C(C)(C)C)nn2)s1. The normalized spacial score (nSPS) is 11.8. The summed E-state index contributed by atoms with van der Waals surface area (Å²) in [5.41, 5.74) is 0.863. The lowest BCUT2D eigenvalue weighted by atomic mass is 10.1. The smallest absolute Gasteiger partial charge is 0.205 e. The molecule has 0 saturated carbocycles. The van der Waals surface area contributed by atoms with Gasteiger partial charge in [-0.05, 0) is 27.2 Å². The monoisotopic (exact) mass is 266 g/mol. The number of nitrogens with zero attached hydrogens (tertiary/aromatic N) is 5. The molecule has 2 aromatic rings. The maximum atomic E-state index is 4.13. The van der Waals surface area contributed by atoms with E-state index in [-0.39, 0.29) is 5.54 Å². The zero-order valence-electron chi connectivity index (χ0n) is 11.1. The summed E-state index contributed by atoms with van der Waals surface area (Å²) in [6.07, 6.45) is 2.87. The number of aryl methyl sites for hydroxylation is 1. The molecule has 0 unspecified atom stereocenters. The standard InChI is InChI=1S/C11H18N6S/c1-5-9-14-15-10(18-9)12-6-8-7-17(16-13-8)11(2,3)4/h7H,5-6H2,1-4H3,(H,12,15). The Morgan fingerprint density at radius 3 is 2.61 bits per heavy atom. The Morgan fingerprint density at radius 1 is 1.28 bits per heavy atom. The molecule has 0 aliphatic heterocycles. The lowest BCUT2D eigenvalue weighted by molar-refractivity contribution is 0.347. The predicted octanol–water partition coefficient (Wildman–Crippen LogP) is 2.06. The molecule has 6 nitrogen and oxygen atoms in total. The van der Waals surface area contributed by atoms with Crippen molar-refractivity contribution in [2.75, 3.05) is 5.32 Å². The average Bonchev–Trinajstić information content (AvgIpc) is 2.94. The van der Waals surface area contributed by atoms with Crippen LogP contribution in [0.15, 0.2) is 6.20 Å². The first-order valence-electron chi connectivity index (χ1n) is 5.97. The van der Waals surface area contributed by atoms with Crippen LogP contribution in [0.1, 0.15) is 38.4 Å². The van der Waals surface area contributed by atoms with Gasteiger partial charge in [-0.25, -0.2) is 4.68 Å². The second-order valence-corrected chi connectivity index (χ2v) is 6.10. The summed E-state index contributed by atoms with van der Waals surface area (Å²) in [5.74, 6) is 0. The second kappa shape index (κ2) is 5.01. The fourth-order valence-corrected chi connectivity index (χ4v) is 2.02. The Hall–Kier alpha value is -1.50. The van der Waals surface area contributed by atoms with Crippen LogP contribution in [0.3, 0.4) is 0 Å². The molecular formula is C11H18N6S. The molecule has 98 valence electrons. The highest BCUT2D eigenvalue weighted by atomic mass is 32.1. The minimum Gasteiger partial charge on any atom is -0.354 e. The summed E-state index contributed by atoms with van der Waals surface area (Å²) in [6, 6.07) is 0. The van der Waals surface area contributed by atoms with E-state index in [1.807, 2.05) is 10.9 Å². The number of hydrogen-bond acceptors (Lipinski definition) is 6. The van der Waals surface area contributed by atoms with Crippen molar-refractivity contribution in [3.05, 3.63) is 16.9 Å². The minimum absolute atomic E-state index is 0.0383. The highest BCUT2D eigenvalue weighted by Gasteiger charge is 2.15. The lowest BCUT2D eigenvalue weighted by Crippen LogP contribution is -2.22. The van der Waals surface area contributed by atoms with Gasteiger partial charge in [-0.3, -0.25) is 0 Å². The molecule has 0 atom stereocenters. The van der Waals surface area contributed by atoms with Crippen LogP contribution >= 0.6 is 11.3 Å². The van der Waals surface area contributed by atoms with Crippen molar-refractivity contribution in [1.29, 1.82) is 0 Å². The molecule has 18 heavy (non-hydrogen) atoms. The molecule has 2 aromatic heterocycles. The summed E-state index contributed by atoms with van der Waals surface area (Å²) in [6.45, 7) is 8.97. The van der Waals surface area contributed by atoms with Crippen molar-refractivity contribution in [3.63, 3.8) is 0 Å². The number of rotatable bonds is 4. The van der Waals surface area contributed by atoms with E-state index in [2.05, 4.69) is 53.5 Å². The van der Waals surface area contributed by atoms with E-state index in [0.717, 1.165) is 22.3 Å². The van der Waals surface area contributed by atoms with Crippen molar-refractivity contribution >= 4 is 16.5 Å². The zero-order chi connectivity index (χ0) is 13.2. The van der Waals surface area contributed by atoms with E-state index < -0.39 is 0 Å². The van der Waals surface area contributed by atoms with Gasteiger partial charge in [-0.2, -0.15) is 0 Å². The van der Waals surface area contributed by atoms with Crippen LogP contribution < -0.4 is 5.32 Å². The van der Waals surface area contributed by atoms with Crippen LogP contribution in [0.2, 0.25) is 0 Å². The van der Waals surface area contributed by atoms with Gasteiger partial charge in [0.15, 0.2) is 0 Å². The highest BCUT2D eigenvalue weighted by Crippen LogP contribution is 2.16. The summed E-state index contributed by atoms with van der Waals surface area (Å²) in [7, 11) is 0. The van der Waals surface area contributed by atoms with Crippen molar-refractivity contribution in [1.82, 2.24) is 25.2 Å². The van der Waals surface area contributed by atoms with Crippen LogP contribution in [0.4, 0.5) is 5.13 Å². The van der Waals surface area contributed by atoms with Crippen molar-refractivity contribution in [2.45, 2.75) is 46.2 Å². The third kappa shape index (κ3) is 3.04. The van der Waals surface area contributed by atoms with E-state index in [1.54, 1.807) is 11.3 Å². The van der Waals surface area contributed by atoms with Gasteiger partial charge < -0.3 is 5.32 Å². The maximum Gasteiger partial charge on any atom is 0.205 e. The van der Waals surface area contributed by atoms with Crippen LogP contribution in [0, 0.1) is 0 Å². The van der Waals surface area contributed by atoms with Crippen molar-refractivity contribution in [2.24, 2.45) is 0 Å². The first-order chi connectivity index (χ1) is 8.49. The minimum atomic E-state index is -0.0383. The number of anilines is 1. The Bertz CT molecular complexity index is 510. The van der Waals surface area contributed by atoms with Gasteiger partial charge in [0.05, 0.1) is 18.3 Å². The van der Waals surface area contributed by atoms with Crippen LogP contribution in [0.25, 0.3) is 0 Å². The average molecular weight is 266 g/mol. The van der Waals surface area contributed by atoms with E-state index in [1.165, 1.54) is 0 Å². The molecule has 0 aliphatic carbocycles. The molecule has 1 N–H and O–H groups in total. The summed E-state index contributed by atoms with van der Waals surface area (Å²) in [5, 5.41) is 21.4. The van der Waals surface area contributed by atoms with E-state index in [4.69, 9.17) is 0 Å².